The van der Waals surface area contributed by atoms with Crippen LogP contribution in [0, 0.1) is 0 Å². The molecule has 0 aromatic heterocycles. The molecule has 2 fully saturated rings. The second kappa shape index (κ2) is 39.9. The molecule has 2 saturated heterocycles. The zero-order chi connectivity index (χ0) is 49.6. The number of hydrogen-bond acceptors (Lipinski definition) is 15. The van der Waals surface area contributed by atoms with Crippen LogP contribution in [0.2, 0.25) is 0 Å². The van der Waals surface area contributed by atoms with Crippen molar-refractivity contribution < 1.29 is 73.8 Å². The summed E-state index contributed by atoms with van der Waals surface area (Å²) in [5.41, 5.74) is 0. The minimum absolute atomic E-state index is 0.139. The van der Waals surface area contributed by atoms with Gasteiger partial charge in [-0.15, -0.1) is 0 Å². The second-order valence-corrected chi connectivity index (χ2v) is 18.0. The zero-order valence-electron chi connectivity index (χ0n) is 41.3. The molecule has 0 spiro atoms. The standard InChI is InChI=1S/C53H90O15/c1-3-5-7-9-11-13-15-17-19-20-22-23-25-27-29-31-33-35-44(55)63-38-41(66-45(56)36-34-32-30-28-26-24-21-18-16-14-12-10-8-6-4-2)39-64-52-51(62)49(60)47(58)43(68-52)40-65-53-50(61)48(59)46(57)42(37-54)67-53/h11,13-14,16-17,19,22-23,27,29,41-43,46-54,57-62H,3-10,12,15,18,20-21,24-26,28,30-40H2,1-2H3/b13-11+,16-14+,19-17+,23-22+,29-27+/t41-,42+,43+,46-,47-,48?,49?,50?,51?,52+,53+/m0/s1. The lowest BCUT2D eigenvalue weighted by atomic mass is 9.98. The van der Waals surface area contributed by atoms with Gasteiger partial charge in [0.1, 0.15) is 55.4 Å². The molecule has 2 rings (SSSR count). The van der Waals surface area contributed by atoms with Crippen molar-refractivity contribution >= 4 is 11.9 Å². The summed E-state index contributed by atoms with van der Waals surface area (Å²) in [5.74, 6) is -0.999. The van der Waals surface area contributed by atoms with Crippen LogP contribution in [0.25, 0.3) is 0 Å². The Bertz CT molecular complexity index is 1420. The zero-order valence-corrected chi connectivity index (χ0v) is 41.3. The van der Waals surface area contributed by atoms with Gasteiger partial charge in [0.25, 0.3) is 0 Å². The molecule has 392 valence electrons. The van der Waals surface area contributed by atoms with Crippen molar-refractivity contribution in [3.63, 3.8) is 0 Å². The molecule has 2 heterocycles. The molecule has 68 heavy (non-hydrogen) atoms. The lowest BCUT2D eigenvalue weighted by Gasteiger charge is -2.42. The maximum absolute atomic E-state index is 13.0. The fourth-order valence-electron chi connectivity index (χ4n) is 7.67. The molecule has 0 amide bonds. The van der Waals surface area contributed by atoms with E-state index < -0.39 is 99.3 Å². The van der Waals surface area contributed by atoms with Gasteiger partial charge >= 0.3 is 11.9 Å². The average Bonchev–Trinajstić information content (AvgIpc) is 3.33. The first-order chi connectivity index (χ1) is 33.0. The normalized spacial score (nSPS) is 26.2. The molecule has 2 aliphatic rings. The average molecular weight is 967 g/mol. The van der Waals surface area contributed by atoms with Crippen molar-refractivity contribution in [2.24, 2.45) is 0 Å². The van der Waals surface area contributed by atoms with E-state index in [-0.39, 0.29) is 19.4 Å². The molecular formula is C53H90O15. The van der Waals surface area contributed by atoms with E-state index in [4.69, 9.17) is 28.4 Å². The van der Waals surface area contributed by atoms with Crippen LogP contribution < -0.4 is 0 Å². The highest BCUT2D eigenvalue weighted by atomic mass is 16.7. The Morgan fingerprint density at radius 1 is 0.471 bits per heavy atom. The number of carbonyl (C=O) groups is 2. The summed E-state index contributed by atoms with van der Waals surface area (Å²) in [7, 11) is 0. The van der Waals surface area contributed by atoms with E-state index in [1.165, 1.54) is 57.8 Å². The molecule has 0 saturated carbocycles. The van der Waals surface area contributed by atoms with Crippen LogP contribution in [0.3, 0.4) is 0 Å². The number of unbranched alkanes of at least 4 members (excludes halogenated alkanes) is 15. The SMILES string of the molecule is CCCCC/C=C/C/C=C/C/C=C/C/C=C/CCCC(=O)OC[C@@H](CO[C@@H]1O[C@H](CO[C@@H]2O[C@H](CO)[C@H](O)C(O)C2O)[C@H](O)C(O)C1O)OC(=O)CCCCCCCCC/C=C/CCCCCC. The maximum atomic E-state index is 13.0. The maximum Gasteiger partial charge on any atom is 0.306 e. The first-order valence-electron chi connectivity index (χ1n) is 25.9. The van der Waals surface area contributed by atoms with E-state index in [1.807, 2.05) is 6.08 Å². The van der Waals surface area contributed by atoms with Gasteiger partial charge in [-0.3, -0.25) is 9.59 Å². The van der Waals surface area contributed by atoms with Crippen molar-refractivity contribution in [3.8, 4) is 0 Å². The fourth-order valence-corrected chi connectivity index (χ4v) is 7.67. The monoisotopic (exact) mass is 967 g/mol. The highest BCUT2D eigenvalue weighted by Gasteiger charge is 2.47. The number of aliphatic hydroxyl groups is 7. The summed E-state index contributed by atoms with van der Waals surface area (Å²) in [6.07, 6.45) is 28.2. The molecule has 15 heteroatoms. The Balaban J connectivity index is 1.84. The van der Waals surface area contributed by atoms with E-state index in [0.29, 0.717) is 19.3 Å². The Labute approximate surface area is 407 Å². The van der Waals surface area contributed by atoms with Crippen LogP contribution in [0.1, 0.15) is 168 Å². The topological polar surface area (TPSA) is 231 Å². The van der Waals surface area contributed by atoms with Crippen LogP contribution in [-0.2, 0) is 38.0 Å². The number of ether oxygens (including phenoxy) is 6. The number of rotatable bonds is 39. The number of carbonyl (C=O) groups excluding carboxylic acids is 2. The van der Waals surface area contributed by atoms with Gasteiger partial charge in [0.15, 0.2) is 18.7 Å². The number of aliphatic hydroxyl groups excluding tert-OH is 7. The van der Waals surface area contributed by atoms with Crippen molar-refractivity contribution in [1.82, 2.24) is 0 Å². The van der Waals surface area contributed by atoms with Crippen LogP contribution in [-0.4, -0.2) is 142 Å². The van der Waals surface area contributed by atoms with Crippen LogP contribution in [0.5, 0.6) is 0 Å². The highest BCUT2D eigenvalue weighted by Crippen LogP contribution is 2.26. The minimum atomic E-state index is -1.78. The molecule has 0 bridgehead atoms. The molecule has 4 unspecified atom stereocenters. The fraction of sp³-hybridized carbons (Fsp3) is 0.774. The molecule has 15 nitrogen and oxygen atoms in total. The summed E-state index contributed by atoms with van der Waals surface area (Å²) in [6.45, 7) is 2.48. The molecule has 2 aliphatic heterocycles. The second-order valence-electron chi connectivity index (χ2n) is 18.0. The van der Waals surface area contributed by atoms with Crippen molar-refractivity contribution in [2.75, 3.05) is 26.4 Å². The van der Waals surface area contributed by atoms with Crippen molar-refractivity contribution in [2.45, 2.75) is 235 Å². The minimum Gasteiger partial charge on any atom is -0.462 e. The van der Waals surface area contributed by atoms with Crippen LogP contribution in [0.4, 0.5) is 0 Å². The third-order valence-corrected chi connectivity index (χ3v) is 12.0. The van der Waals surface area contributed by atoms with Gasteiger partial charge in [-0.05, 0) is 77.0 Å². The van der Waals surface area contributed by atoms with Gasteiger partial charge in [0.05, 0.1) is 19.8 Å². The summed E-state index contributed by atoms with van der Waals surface area (Å²) in [4.78, 5) is 25.7. The lowest BCUT2D eigenvalue weighted by Crippen LogP contribution is -2.61. The molecule has 11 atom stereocenters. The Morgan fingerprint density at radius 3 is 1.47 bits per heavy atom. The smallest absolute Gasteiger partial charge is 0.306 e. The van der Waals surface area contributed by atoms with Crippen molar-refractivity contribution in [3.05, 3.63) is 60.8 Å². The molecule has 0 aromatic carbocycles. The largest absolute Gasteiger partial charge is 0.462 e. The van der Waals surface area contributed by atoms with Crippen molar-refractivity contribution in [1.29, 1.82) is 0 Å². The lowest BCUT2D eigenvalue weighted by molar-refractivity contribution is -0.332. The Morgan fingerprint density at radius 2 is 0.897 bits per heavy atom. The van der Waals surface area contributed by atoms with Gasteiger partial charge in [-0.1, -0.05) is 139 Å². The highest BCUT2D eigenvalue weighted by molar-refractivity contribution is 5.70. The van der Waals surface area contributed by atoms with Gasteiger partial charge in [-0.25, -0.2) is 0 Å². The third kappa shape index (κ3) is 27.6. The van der Waals surface area contributed by atoms with E-state index in [2.05, 4.69) is 68.5 Å². The summed E-state index contributed by atoms with van der Waals surface area (Å²) in [6, 6.07) is 0. The predicted octanol–water partition coefficient (Wildman–Crippen LogP) is 7.27. The molecule has 0 radical (unpaired) electrons. The summed E-state index contributed by atoms with van der Waals surface area (Å²) >= 11 is 0. The van der Waals surface area contributed by atoms with Gasteiger partial charge in [0, 0.05) is 12.8 Å². The Kier molecular flexibility index (Phi) is 36.0. The first-order valence-corrected chi connectivity index (χ1v) is 25.9. The molecule has 0 aliphatic carbocycles. The molecule has 0 aromatic rings. The van der Waals surface area contributed by atoms with Crippen LogP contribution >= 0.6 is 0 Å². The predicted molar refractivity (Wildman–Crippen MR) is 261 cm³/mol. The van der Waals surface area contributed by atoms with E-state index in [0.717, 1.165) is 64.2 Å². The van der Waals surface area contributed by atoms with Gasteiger partial charge in [0.2, 0.25) is 0 Å². The van der Waals surface area contributed by atoms with Crippen LogP contribution in [0.15, 0.2) is 60.8 Å². The van der Waals surface area contributed by atoms with E-state index in [9.17, 15) is 45.3 Å². The van der Waals surface area contributed by atoms with E-state index in [1.54, 1.807) is 0 Å². The van der Waals surface area contributed by atoms with Gasteiger partial charge < -0.3 is 64.2 Å². The van der Waals surface area contributed by atoms with Gasteiger partial charge in [-0.2, -0.15) is 0 Å². The number of hydrogen-bond donors (Lipinski definition) is 7. The number of esters is 2. The number of allylic oxidation sites excluding steroid dienone is 10. The summed E-state index contributed by atoms with van der Waals surface area (Å²) < 4.78 is 33.5. The Hall–Kier alpha value is -2.80. The summed E-state index contributed by atoms with van der Waals surface area (Å²) in [5, 5.41) is 72.1. The molecule has 7 N–H and O–H groups in total. The first kappa shape index (κ1) is 61.3. The quantitative estimate of drug-likeness (QED) is 0.0183. The third-order valence-electron chi connectivity index (χ3n) is 12.0. The van der Waals surface area contributed by atoms with E-state index >= 15 is 0 Å². The molecular weight excluding hydrogens is 877 g/mol.